The summed E-state index contributed by atoms with van der Waals surface area (Å²) in [5, 5.41) is 4.89. The number of anilines is 1. The fourth-order valence-electron chi connectivity index (χ4n) is 2.93. The van der Waals surface area contributed by atoms with Crippen molar-refractivity contribution in [2.24, 2.45) is 0 Å². The maximum Gasteiger partial charge on any atom is 0.418 e. The van der Waals surface area contributed by atoms with Gasteiger partial charge in [-0.1, -0.05) is 18.2 Å². The number of halogens is 7. The van der Waals surface area contributed by atoms with Crippen molar-refractivity contribution in [3.63, 3.8) is 0 Å². The van der Waals surface area contributed by atoms with Crippen molar-refractivity contribution in [2.75, 3.05) is 5.32 Å². The van der Waals surface area contributed by atoms with E-state index in [9.17, 15) is 31.1 Å². The van der Waals surface area contributed by atoms with Crippen molar-refractivity contribution in [3.05, 3.63) is 92.8 Å². The molecule has 0 aliphatic rings. The molecule has 0 radical (unpaired) electrons. The summed E-state index contributed by atoms with van der Waals surface area (Å²) in [4.78, 5) is 16.3. The lowest BCUT2D eigenvalue weighted by molar-refractivity contribution is -0.139. The van der Waals surface area contributed by atoms with E-state index in [0.29, 0.717) is 5.69 Å². The number of urea groups is 1. The lowest BCUT2D eigenvalue weighted by Crippen LogP contribution is -2.35. The lowest BCUT2D eigenvalue weighted by Gasteiger charge is -2.23. The number of hydrogen-bond donors (Lipinski definition) is 2. The Morgan fingerprint density at radius 1 is 0.906 bits per heavy atom. The first-order valence-corrected chi connectivity index (χ1v) is 10.1. The summed E-state index contributed by atoms with van der Waals surface area (Å²) < 4.78 is 80.2. The fraction of sp³-hybridized carbons (Fsp3) is 0.143. The monoisotopic (exact) mass is 565 g/mol. The molecule has 0 bridgehead atoms. The van der Waals surface area contributed by atoms with Crippen molar-refractivity contribution in [2.45, 2.75) is 18.4 Å². The molecule has 3 rings (SSSR count). The van der Waals surface area contributed by atoms with Crippen LogP contribution >= 0.6 is 22.6 Å². The summed E-state index contributed by atoms with van der Waals surface area (Å²) in [5.41, 5.74) is -2.24. The van der Waals surface area contributed by atoms with E-state index in [-0.39, 0.29) is 5.56 Å². The fourth-order valence-corrected chi connectivity index (χ4v) is 3.47. The minimum atomic E-state index is -4.79. The highest BCUT2D eigenvalue weighted by atomic mass is 127. The minimum Gasteiger partial charge on any atom is -0.325 e. The van der Waals surface area contributed by atoms with E-state index >= 15 is 0 Å². The van der Waals surface area contributed by atoms with Gasteiger partial charge in [-0.05, 0) is 70.6 Å². The first-order valence-electron chi connectivity index (χ1n) is 8.97. The maximum atomic E-state index is 13.6. The predicted molar refractivity (Wildman–Crippen MR) is 114 cm³/mol. The van der Waals surface area contributed by atoms with E-state index in [1.54, 1.807) is 24.3 Å². The molecular formula is C21H14F6IN3O. The zero-order chi connectivity index (χ0) is 23.5. The van der Waals surface area contributed by atoms with Gasteiger partial charge in [0.15, 0.2) is 0 Å². The molecule has 1 heterocycles. The number of carbonyl (C=O) groups excluding carboxylic acids is 1. The third kappa shape index (κ3) is 5.90. The normalized spacial score (nSPS) is 12.8. The molecule has 11 heteroatoms. The molecule has 2 N–H and O–H groups in total. The first kappa shape index (κ1) is 23.8. The average Bonchev–Trinajstić information content (AvgIpc) is 2.71. The van der Waals surface area contributed by atoms with Crippen LogP contribution in [0.4, 0.5) is 36.8 Å². The molecule has 0 unspecified atom stereocenters. The number of benzene rings is 2. The Bertz CT molecular complexity index is 1100. The number of nitrogens with one attached hydrogen (secondary N) is 2. The van der Waals surface area contributed by atoms with E-state index in [0.717, 1.165) is 46.2 Å². The topological polar surface area (TPSA) is 54.0 Å². The van der Waals surface area contributed by atoms with Crippen LogP contribution in [-0.4, -0.2) is 11.0 Å². The second-order valence-corrected chi connectivity index (χ2v) is 7.84. The molecule has 168 valence electrons. The second kappa shape index (κ2) is 9.35. The van der Waals surface area contributed by atoms with Gasteiger partial charge in [-0.2, -0.15) is 26.3 Å². The molecule has 0 aliphatic carbocycles. The Morgan fingerprint density at radius 2 is 1.59 bits per heavy atom. The highest BCUT2D eigenvalue weighted by Crippen LogP contribution is 2.36. The standard InChI is InChI=1S/C21H14F6IN3O/c22-20(23,24)13-8-6-12(7-9-13)17(18-16(21(25,26)27)5-2-10-29-18)31-19(32)30-15-4-1-3-14(28)11-15/h1-11,17H,(H2,30,31,32)/t17-/m0/s1. The van der Waals surface area contributed by atoms with Crippen molar-refractivity contribution in [3.8, 4) is 0 Å². The molecule has 0 saturated heterocycles. The highest BCUT2D eigenvalue weighted by Gasteiger charge is 2.37. The Hall–Kier alpha value is -2.83. The molecule has 1 aromatic heterocycles. The van der Waals surface area contributed by atoms with Crippen LogP contribution in [0, 0.1) is 3.57 Å². The van der Waals surface area contributed by atoms with Crippen molar-refractivity contribution in [1.29, 1.82) is 0 Å². The summed E-state index contributed by atoms with van der Waals surface area (Å²) in [6, 6.07) is 9.71. The molecule has 0 aliphatic heterocycles. The summed E-state index contributed by atoms with van der Waals surface area (Å²) in [7, 11) is 0. The van der Waals surface area contributed by atoms with Gasteiger partial charge in [0.1, 0.15) is 0 Å². The van der Waals surface area contributed by atoms with Gasteiger partial charge in [0.05, 0.1) is 22.9 Å². The van der Waals surface area contributed by atoms with E-state index in [1.165, 1.54) is 0 Å². The number of amides is 2. The Labute approximate surface area is 192 Å². The number of nitrogens with zero attached hydrogens (tertiary/aromatic N) is 1. The molecule has 0 spiro atoms. The number of aromatic nitrogens is 1. The van der Waals surface area contributed by atoms with E-state index in [1.807, 2.05) is 22.6 Å². The van der Waals surface area contributed by atoms with Crippen molar-refractivity contribution in [1.82, 2.24) is 10.3 Å². The van der Waals surface area contributed by atoms with Gasteiger partial charge in [0.2, 0.25) is 0 Å². The number of alkyl halides is 6. The first-order chi connectivity index (χ1) is 14.9. The number of hydrogen-bond acceptors (Lipinski definition) is 2. The SMILES string of the molecule is O=C(Nc1cccc(I)c1)N[C@@H](c1ccc(C(F)(F)F)cc1)c1ncccc1C(F)(F)F. The van der Waals surface area contributed by atoms with Gasteiger partial charge in [-0.3, -0.25) is 4.98 Å². The van der Waals surface area contributed by atoms with Crippen LogP contribution in [0.15, 0.2) is 66.9 Å². The summed E-state index contributed by atoms with van der Waals surface area (Å²) in [5.74, 6) is 0. The Balaban J connectivity index is 1.99. The zero-order valence-corrected chi connectivity index (χ0v) is 18.1. The van der Waals surface area contributed by atoms with Crippen LogP contribution in [-0.2, 0) is 12.4 Å². The summed E-state index contributed by atoms with van der Waals surface area (Å²) >= 11 is 2.02. The number of pyridine rings is 1. The molecule has 2 aromatic carbocycles. The van der Waals surface area contributed by atoms with Crippen LogP contribution in [0.3, 0.4) is 0 Å². The van der Waals surface area contributed by atoms with Gasteiger partial charge in [-0.15, -0.1) is 0 Å². The molecular weight excluding hydrogens is 551 g/mol. The lowest BCUT2D eigenvalue weighted by atomic mass is 9.98. The van der Waals surface area contributed by atoms with E-state index in [2.05, 4.69) is 15.6 Å². The van der Waals surface area contributed by atoms with Crippen LogP contribution in [0.25, 0.3) is 0 Å². The maximum absolute atomic E-state index is 13.6. The number of rotatable bonds is 4. The largest absolute Gasteiger partial charge is 0.418 e. The summed E-state index contributed by atoms with van der Waals surface area (Å²) in [6.45, 7) is 0. The third-order valence-corrected chi connectivity index (χ3v) is 5.02. The van der Waals surface area contributed by atoms with Crippen LogP contribution < -0.4 is 10.6 Å². The van der Waals surface area contributed by atoms with E-state index < -0.39 is 41.2 Å². The molecule has 2 amide bonds. The molecule has 3 aromatic rings. The second-order valence-electron chi connectivity index (χ2n) is 6.60. The molecule has 0 saturated carbocycles. The van der Waals surface area contributed by atoms with Gasteiger partial charge in [-0.25, -0.2) is 4.79 Å². The van der Waals surface area contributed by atoms with E-state index in [4.69, 9.17) is 0 Å². The number of carbonyl (C=O) groups is 1. The average molecular weight is 565 g/mol. The Morgan fingerprint density at radius 3 is 2.19 bits per heavy atom. The third-order valence-electron chi connectivity index (χ3n) is 4.35. The quantitative estimate of drug-likeness (QED) is 0.276. The molecule has 4 nitrogen and oxygen atoms in total. The Kier molecular flexibility index (Phi) is 6.96. The smallest absolute Gasteiger partial charge is 0.325 e. The zero-order valence-electron chi connectivity index (χ0n) is 15.9. The highest BCUT2D eigenvalue weighted by molar-refractivity contribution is 14.1. The van der Waals surface area contributed by atoms with Crippen LogP contribution in [0.5, 0.6) is 0 Å². The van der Waals surface area contributed by atoms with Gasteiger partial charge >= 0.3 is 18.4 Å². The molecule has 32 heavy (non-hydrogen) atoms. The van der Waals surface area contributed by atoms with Crippen molar-refractivity contribution < 1.29 is 31.1 Å². The van der Waals surface area contributed by atoms with Gasteiger partial charge in [0.25, 0.3) is 0 Å². The minimum absolute atomic E-state index is 0.00000719. The molecule has 1 atom stereocenters. The molecule has 0 fully saturated rings. The van der Waals surface area contributed by atoms with Crippen LogP contribution in [0.1, 0.15) is 28.4 Å². The summed E-state index contributed by atoms with van der Waals surface area (Å²) in [6.07, 6.45) is -8.30. The van der Waals surface area contributed by atoms with Crippen LogP contribution in [0.2, 0.25) is 0 Å². The van der Waals surface area contributed by atoms with Gasteiger partial charge < -0.3 is 10.6 Å². The van der Waals surface area contributed by atoms with Gasteiger partial charge in [0, 0.05) is 15.5 Å². The van der Waals surface area contributed by atoms with Crippen molar-refractivity contribution >= 4 is 34.3 Å². The predicted octanol–water partition coefficient (Wildman–Crippen LogP) is 6.63.